The van der Waals surface area contributed by atoms with Crippen molar-refractivity contribution in [3.8, 4) is 10.6 Å². The first-order valence-electron chi connectivity index (χ1n) is 5.85. The van der Waals surface area contributed by atoms with Gasteiger partial charge in [-0.3, -0.25) is 4.79 Å². The Bertz CT molecular complexity index is 635. The smallest absolute Gasteiger partial charge is 0.250 e. The van der Waals surface area contributed by atoms with Crippen LogP contribution in [0.25, 0.3) is 10.6 Å². The summed E-state index contributed by atoms with van der Waals surface area (Å²) in [6, 6.07) is 9.95. The summed E-state index contributed by atoms with van der Waals surface area (Å²) in [5.41, 5.74) is 7.44. The van der Waals surface area contributed by atoms with E-state index in [9.17, 15) is 4.79 Å². The normalized spacial score (nSPS) is 14.8. The van der Waals surface area contributed by atoms with Gasteiger partial charge in [0.05, 0.1) is 18.7 Å². The lowest BCUT2D eigenvalue weighted by Gasteiger charge is -2.08. The molecule has 0 aliphatic carbocycles. The quantitative estimate of drug-likeness (QED) is 0.926. The Kier molecular flexibility index (Phi) is 3.00. The van der Waals surface area contributed by atoms with Crippen LogP contribution in [0.1, 0.15) is 12.1 Å². The van der Waals surface area contributed by atoms with Crippen molar-refractivity contribution in [1.82, 2.24) is 9.99 Å². The number of hydrazone groups is 1. The van der Waals surface area contributed by atoms with E-state index in [1.165, 1.54) is 5.01 Å². The van der Waals surface area contributed by atoms with Crippen molar-refractivity contribution in [2.24, 2.45) is 10.8 Å². The van der Waals surface area contributed by atoms with Crippen LogP contribution in [0.4, 0.5) is 0 Å². The van der Waals surface area contributed by atoms with E-state index in [-0.39, 0.29) is 12.3 Å². The van der Waals surface area contributed by atoms with Gasteiger partial charge in [-0.05, 0) is 0 Å². The number of carbonyl (C=O) groups excluding carboxylic acids is 1. The summed E-state index contributed by atoms with van der Waals surface area (Å²) in [5.74, 6) is 0.287. The molecule has 5 nitrogen and oxygen atoms in total. The van der Waals surface area contributed by atoms with Crippen molar-refractivity contribution in [3.05, 3.63) is 41.4 Å². The predicted octanol–water partition coefficient (Wildman–Crippen LogP) is 1.81. The number of nitrogens with zero attached hydrogens (tertiary/aromatic N) is 3. The minimum atomic E-state index is -0.0771. The largest absolute Gasteiger partial charge is 0.385 e. The Labute approximate surface area is 114 Å². The lowest BCUT2D eigenvalue weighted by Crippen LogP contribution is -2.20. The fraction of sp³-hybridized carbons (Fsp3) is 0.154. The van der Waals surface area contributed by atoms with Crippen LogP contribution < -0.4 is 5.73 Å². The molecule has 1 aromatic carbocycles. The van der Waals surface area contributed by atoms with Gasteiger partial charge in [-0.25, -0.2) is 9.99 Å². The number of aromatic nitrogens is 1. The molecular weight excluding hydrogens is 260 g/mol. The van der Waals surface area contributed by atoms with E-state index in [1.54, 1.807) is 11.3 Å². The molecule has 0 saturated carbocycles. The molecule has 0 radical (unpaired) electrons. The molecule has 0 fully saturated rings. The first kappa shape index (κ1) is 11.9. The minimum Gasteiger partial charge on any atom is -0.385 e. The Morgan fingerprint density at radius 3 is 2.79 bits per heavy atom. The first-order chi connectivity index (χ1) is 9.22. The van der Waals surface area contributed by atoms with Crippen molar-refractivity contribution in [1.29, 1.82) is 0 Å². The molecule has 1 aliphatic heterocycles. The molecule has 3 rings (SSSR count). The zero-order chi connectivity index (χ0) is 13.2. The molecule has 0 spiro atoms. The maximum Gasteiger partial charge on any atom is 0.250 e. The third kappa shape index (κ3) is 2.48. The number of amidine groups is 1. The predicted molar refractivity (Wildman–Crippen MR) is 74.3 cm³/mol. The third-order valence-corrected chi connectivity index (χ3v) is 3.69. The van der Waals surface area contributed by atoms with Gasteiger partial charge in [-0.1, -0.05) is 30.3 Å². The van der Waals surface area contributed by atoms with Gasteiger partial charge in [0.2, 0.25) is 0 Å². The number of nitrogens with two attached hydrogens (primary N) is 1. The molecule has 2 heterocycles. The van der Waals surface area contributed by atoms with Gasteiger partial charge >= 0.3 is 0 Å². The highest BCUT2D eigenvalue weighted by atomic mass is 32.1. The van der Waals surface area contributed by atoms with Crippen LogP contribution in [-0.4, -0.2) is 21.7 Å². The average molecular weight is 272 g/mol. The number of hydrogen-bond acceptors (Lipinski definition) is 5. The molecule has 0 atom stereocenters. The molecule has 2 aromatic rings. The van der Waals surface area contributed by atoms with Crippen LogP contribution in [0.3, 0.4) is 0 Å². The van der Waals surface area contributed by atoms with E-state index < -0.39 is 0 Å². The van der Waals surface area contributed by atoms with E-state index in [0.717, 1.165) is 16.3 Å². The van der Waals surface area contributed by atoms with Crippen LogP contribution in [0.2, 0.25) is 0 Å². The zero-order valence-corrected chi connectivity index (χ0v) is 10.9. The lowest BCUT2D eigenvalue weighted by atomic mass is 10.2. The summed E-state index contributed by atoms with van der Waals surface area (Å²) < 4.78 is 0. The summed E-state index contributed by atoms with van der Waals surface area (Å²) in [7, 11) is 0. The lowest BCUT2D eigenvalue weighted by molar-refractivity contribution is -0.129. The molecule has 6 heteroatoms. The molecule has 0 saturated heterocycles. The molecule has 0 unspecified atom stereocenters. The maximum absolute atomic E-state index is 11.6. The van der Waals surface area contributed by atoms with Gasteiger partial charge < -0.3 is 5.73 Å². The molecule has 19 heavy (non-hydrogen) atoms. The van der Waals surface area contributed by atoms with Crippen LogP contribution in [0, 0.1) is 0 Å². The Morgan fingerprint density at radius 1 is 1.32 bits per heavy atom. The second kappa shape index (κ2) is 4.81. The van der Waals surface area contributed by atoms with Gasteiger partial charge in [0, 0.05) is 10.9 Å². The molecule has 2 N–H and O–H groups in total. The van der Waals surface area contributed by atoms with E-state index in [0.29, 0.717) is 12.4 Å². The minimum absolute atomic E-state index is 0.0771. The van der Waals surface area contributed by atoms with Gasteiger partial charge in [0.1, 0.15) is 10.8 Å². The molecule has 1 aromatic heterocycles. The van der Waals surface area contributed by atoms with Gasteiger partial charge in [-0.15, -0.1) is 11.3 Å². The van der Waals surface area contributed by atoms with Gasteiger partial charge in [0.25, 0.3) is 5.91 Å². The van der Waals surface area contributed by atoms with Crippen LogP contribution in [0.15, 0.2) is 40.8 Å². The Morgan fingerprint density at radius 2 is 2.11 bits per heavy atom. The number of benzene rings is 1. The second-order valence-electron chi connectivity index (χ2n) is 4.23. The molecule has 1 amide bonds. The summed E-state index contributed by atoms with van der Waals surface area (Å²) in [6.07, 6.45) is 0.204. The van der Waals surface area contributed by atoms with Crippen molar-refractivity contribution in [2.75, 3.05) is 0 Å². The number of rotatable bonds is 3. The Balaban J connectivity index is 1.77. The highest BCUT2D eigenvalue weighted by Gasteiger charge is 2.22. The SMILES string of the molecule is NC1=NN(Cc2csc(-c3ccccc3)n2)C(=O)C1. The van der Waals surface area contributed by atoms with Crippen LogP contribution in [-0.2, 0) is 11.3 Å². The fourth-order valence-corrected chi connectivity index (χ4v) is 2.68. The van der Waals surface area contributed by atoms with Crippen molar-refractivity contribution in [2.45, 2.75) is 13.0 Å². The number of thiazole rings is 1. The van der Waals surface area contributed by atoms with Crippen LogP contribution >= 0.6 is 11.3 Å². The van der Waals surface area contributed by atoms with E-state index in [1.807, 2.05) is 35.7 Å². The highest BCUT2D eigenvalue weighted by molar-refractivity contribution is 7.13. The van der Waals surface area contributed by atoms with Gasteiger partial charge in [-0.2, -0.15) is 5.10 Å². The number of amides is 1. The molecule has 96 valence electrons. The molecule has 1 aliphatic rings. The first-order valence-corrected chi connectivity index (χ1v) is 6.73. The summed E-state index contributed by atoms with van der Waals surface area (Å²) in [6.45, 7) is 0.378. The topological polar surface area (TPSA) is 71.6 Å². The third-order valence-electron chi connectivity index (χ3n) is 2.75. The number of carbonyl (C=O) groups is 1. The van der Waals surface area contributed by atoms with Crippen molar-refractivity contribution in [3.63, 3.8) is 0 Å². The average Bonchev–Trinajstić information content (AvgIpc) is 2.99. The standard InChI is InChI=1S/C13H12N4OS/c14-11-6-12(18)17(16-11)7-10-8-19-13(15-10)9-4-2-1-3-5-9/h1-5,8H,6-7H2,(H2,14,16). The molecule has 0 bridgehead atoms. The second-order valence-corrected chi connectivity index (χ2v) is 5.09. The zero-order valence-electron chi connectivity index (χ0n) is 10.1. The van der Waals surface area contributed by atoms with Crippen molar-refractivity contribution >= 4 is 23.1 Å². The van der Waals surface area contributed by atoms with Crippen LogP contribution in [0.5, 0.6) is 0 Å². The Hall–Kier alpha value is -2.21. The highest BCUT2D eigenvalue weighted by Crippen LogP contribution is 2.24. The fourth-order valence-electron chi connectivity index (χ4n) is 1.86. The summed E-state index contributed by atoms with van der Waals surface area (Å²) in [5, 5.41) is 8.25. The van der Waals surface area contributed by atoms with E-state index in [2.05, 4.69) is 10.1 Å². The number of hydrogen-bond donors (Lipinski definition) is 1. The van der Waals surface area contributed by atoms with E-state index in [4.69, 9.17) is 5.73 Å². The maximum atomic E-state index is 11.6. The van der Waals surface area contributed by atoms with Gasteiger partial charge in [0.15, 0.2) is 0 Å². The van der Waals surface area contributed by atoms with Crippen molar-refractivity contribution < 1.29 is 4.79 Å². The summed E-state index contributed by atoms with van der Waals surface area (Å²) in [4.78, 5) is 16.1. The molecular formula is C13H12N4OS. The van der Waals surface area contributed by atoms with E-state index >= 15 is 0 Å². The summed E-state index contributed by atoms with van der Waals surface area (Å²) >= 11 is 1.56. The monoisotopic (exact) mass is 272 g/mol.